The lowest BCUT2D eigenvalue weighted by molar-refractivity contribution is 0.102. The third-order valence-corrected chi connectivity index (χ3v) is 6.29. The van der Waals surface area contributed by atoms with Crippen molar-refractivity contribution in [3.8, 4) is 0 Å². The van der Waals surface area contributed by atoms with Gasteiger partial charge in [0.05, 0.1) is 5.69 Å². The molecule has 11 heteroatoms. The number of hydrogen-bond acceptors (Lipinski definition) is 8. The number of rotatable bonds is 5. The number of amides is 1. The van der Waals surface area contributed by atoms with E-state index in [4.69, 9.17) is 23.2 Å². The van der Waals surface area contributed by atoms with Crippen molar-refractivity contribution < 1.29 is 4.79 Å². The fraction of sp³-hybridized carbons (Fsp3) is 0.154. The average molecular weight is 418 g/mol. The van der Waals surface area contributed by atoms with E-state index in [-0.39, 0.29) is 5.91 Å². The topological polar surface area (TPSA) is 80.7 Å². The van der Waals surface area contributed by atoms with E-state index in [9.17, 15) is 4.79 Å². The molecule has 0 aliphatic heterocycles. The summed E-state index contributed by atoms with van der Waals surface area (Å²) in [5.41, 5.74) is 1.55. The monoisotopic (exact) mass is 417 g/mol. The number of carbonyl (C=O) groups excluding carboxylic acids is 1. The zero-order valence-corrected chi connectivity index (χ0v) is 16.1. The van der Waals surface area contributed by atoms with Crippen LogP contribution in [0.5, 0.6) is 0 Å². The quantitative estimate of drug-likeness (QED) is 0.484. The van der Waals surface area contributed by atoms with Crippen LogP contribution in [0.25, 0.3) is 0 Å². The Morgan fingerprint density at radius 3 is 2.83 bits per heavy atom. The molecule has 0 spiro atoms. The van der Waals surface area contributed by atoms with Crippen LogP contribution in [0, 0.1) is 6.92 Å². The van der Waals surface area contributed by atoms with Gasteiger partial charge in [0.1, 0.15) is 4.88 Å². The Morgan fingerprint density at radius 1 is 1.29 bits per heavy atom. The fourth-order valence-corrected chi connectivity index (χ4v) is 4.55. The van der Waals surface area contributed by atoms with Crippen molar-refractivity contribution in [2.45, 2.75) is 17.0 Å². The summed E-state index contributed by atoms with van der Waals surface area (Å²) in [5.74, 6) is 0.354. The minimum absolute atomic E-state index is 0.282. The molecule has 0 saturated heterocycles. The molecule has 0 aliphatic carbocycles. The molecule has 0 saturated carbocycles. The number of nitrogens with zero attached hydrogens (tertiary/aromatic N) is 4. The Hall–Kier alpha value is -1.26. The van der Waals surface area contributed by atoms with Crippen molar-refractivity contribution in [3.63, 3.8) is 0 Å². The van der Waals surface area contributed by atoms with Gasteiger partial charge in [0.15, 0.2) is 4.34 Å². The predicted octanol–water partition coefficient (Wildman–Crippen LogP) is 4.55. The number of aryl methyl sites for hydroxylation is 1. The molecule has 0 bridgehead atoms. The second-order valence-corrected chi connectivity index (χ2v) is 8.34. The highest BCUT2D eigenvalue weighted by atomic mass is 35.5. The van der Waals surface area contributed by atoms with Gasteiger partial charge in [0.25, 0.3) is 5.91 Å². The van der Waals surface area contributed by atoms with Gasteiger partial charge in [-0.25, -0.2) is 0 Å². The molecule has 0 atom stereocenters. The predicted molar refractivity (Wildman–Crippen MR) is 98.5 cm³/mol. The molecule has 1 amide bonds. The van der Waals surface area contributed by atoms with E-state index < -0.39 is 0 Å². The molecule has 0 unspecified atom stereocenters. The lowest BCUT2D eigenvalue weighted by Crippen LogP contribution is -2.11. The lowest BCUT2D eigenvalue weighted by atomic mass is 10.2. The zero-order chi connectivity index (χ0) is 17.1. The summed E-state index contributed by atoms with van der Waals surface area (Å²) in [7, 11) is 0. The number of carbonyl (C=O) groups is 1. The molecule has 3 aromatic rings. The number of anilines is 1. The highest BCUT2D eigenvalue weighted by molar-refractivity contribution is 8.00. The van der Waals surface area contributed by atoms with Gasteiger partial charge in [-0.3, -0.25) is 10.1 Å². The van der Waals surface area contributed by atoms with Crippen molar-refractivity contribution in [3.05, 3.63) is 44.4 Å². The van der Waals surface area contributed by atoms with Gasteiger partial charge in [0, 0.05) is 15.8 Å². The van der Waals surface area contributed by atoms with Crippen LogP contribution in [0.2, 0.25) is 10.0 Å². The molecule has 0 fully saturated rings. The normalized spacial score (nSPS) is 10.8. The van der Waals surface area contributed by atoms with Crippen LogP contribution in [-0.2, 0) is 5.75 Å². The second kappa shape index (κ2) is 7.75. The molecule has 0 aliphatic rings. The van der Waals surface area contributed by atoms with Crippen LogP contribution in [-0.4, -0.2) is 25.7 Å². The summed E-state index contributed by atoms with van der Waals surface area (Å²) in [5, 5.41) is 16.2. The van der Waals surface area contributed by atoms with Gasteiger partial charge >= 0.3 is 0 Å². The number of aromatic nitrogens is 4. The van der Waals surface area contributed by atoms with Crippen LogP contribution < -0.4 is 5.32 Å². The van der Waals surface area contributed by atoms with E-state index in [0.29, 0.717) is 31.5 Å². The van der Waals surface area contributed by atoms with Gasteiger partial charge < -0.3 is 0 Å². The molecular formula is C13H9Cl2N5OS3. The first-order valence-corrected chi connectivity index (χ1v) is 9.86. The molecular weight excluding hydrogens is 409 g/mol. The molecule has 0 radical (unpaired) electrons. The molecule has 2 heterocycles. The largest absolute Gasteiger partial charge is 0.296 e. The van der Waals surface area contributed by atoms with Crippen LogP contribution in [0.4, 0.5) is 5.13 Å². The maximum atomic E-state index is 12.1. The Balaban J connectivity index is 1.61. The number of benzene rings is 1. The number of hydrogen-bond donors (Lipinski definition) is 1. The summed E-state index contributed by atoms with van der Waals surface area (Å²) in [4.78, 5) is 12.5. The van der Waals surface area contributed by atoms with Gasteiger partial charge in [-0.2, -0.15) is 0 Å². The van der Waals surface area contributed by atoms with Gasteiger partial charge in [-0.15, -0.1) is 15.3 Å². The summed E-state index contributed by atoms with van der Waals surface area (Å²) in [6, 6.07) is 5.37. The maximum absolute atomic E-state index is 12.1. The standard InChI is InChI=1S/C13H9Cl2N5OS3/c1-6-10(24-20-17-6)11(21)16-12-18-19-13(23-12)22-5-7-2-3-8(14)4-9(7)15/h2-4H,5H2,1H3,(H,16,18,21). The highest BCUT2D eigenvalue weighted by Gasteiger charge is 2.15. The summed E-state index contributed by atoms with van der Waals surface area (Å²) in [6.07, 6.45) is 0. The van der Waals surface area contributed by atoms with E-state index in [1.54, 1.807) is 19.1 Å². The average Bonchev–Trinajstić information content (AvgIpc) is 3.15. The molecule has 2 aromatic heterocycles. The molecule has 124 valence electrons. The van der Waals surface area contributed by atoms with Crippen LogP contribution >= 0.6 is 57.8 Å². The Kier molecular flexibility index (Phi) is 5.67. The van der Waals surface area contributed by atoms with E-state index in [1.807, 2.05) is 6.07 Å². The lowest BCUT2D eigenvalue weighted by Gasteiger charge is -2.02. The Bertz CT molecular complexity index is 882. The number of halogens is 2. The van der Waals surface area contributed by atoms with Gasteiger partial charge in [0.2, 0.25) is 5.13 Å². The van der Waals surface area contributed by atoms with E-state index in [0.717, 1.165) is 21.4 Å². The van der Waals surface area contributed by atoms with E-state index in [2.05, 4.69) is 25.1 Å². The molecule has 24 heavy (non-hydrogen) atoms. The third-order valence-electron chi connectivity index (χ3n) is 2.85. The summed E-state index contributed by atoms with van der Waals surface area (Å²) < 4.78 is 4.47. The Labute approximate surface area is 159 Å². The van der Waals surface area contributed by atoms with Crippen molar-refractivity contribution in [1.82, 2.24) is 19.8 Å². The summed E-state index contributed by atoms with van der Waals surface area (Å²) >= 11 is 15.9. The van der Waals surface area contributed by atoms with Crippen LogP contribution in [0.3, 0.4) is 0 Å². The van der Waals surface area contributed by atoms with Gasteiger partial charge in [-0.05, 0) is 36.2 Å². The fourth-order valence-electron chi connectivity index (χ4n) is 1.69. The van der Waals surface area contributed by atoms with Crippen LogP contribution in [0.1, 0.15) is 20.9 Å². The summed E-state index contributed by atoms with van der Waals surface area (Å²) in [6.45, 7) is 1.73. The first-order valence-electron chi connectivity index (χ1n) is 6.53. The Morgan fingerprint density at radius 2 is 2.12 bits per heavy atom. The van der Waals surface area contributed by atoms with Crippen molar-refractivity contribution in [2.75, 3.05) is 5.32 Å². The molecule has 3 rings (SSSR count). The smallest absolute Gasteiger partial charge is 0.271 e. The molecule has 1 aromatic carbocycles. The highest BCUT2D eigenvalue weighted by Crippen LogP contribution is 2.31. The second-order valence-electron chi connectivity index (χ2n) is 4.54. The molecule has 1 N–H and O–H groups in total. The SMILES string of the molecule is Cc1nnsc1C(=O)Nc1nnc(SCc2ccc(Cl)cc2Cl)s1. The van der Waals surface area contributed by atoms with E-state index in [1.165, 1.54) is 23.1 Å². The minimum Gasteiger partial charge on any atom is -0.296 e. The third kappa shape index (κ3) is 4.22. The number of thioether (sulfide) groups is 1. The molecule has 6 nitrogen and oxygen atoms in total. The van der Waals surface area contributed by atoms with Crippen molar-refractivity contribution >= 4 is 68.9 Å². The number of nitrogens with one attached hydrogen (secondary N) is 1. The van der Waals surface area contributed by atoms with E-state index >= 15 is 0 Å². The first-order chi connectivity index (χ1) is 11.5. The first kappa shape index (κ1) is 17.6. The van der Waals surface area contributed by atoms with Gasteiger partial charge in [-0.1, -0.05) is 56.9 Å². The minimum atomic E-state index is -0.282. The van der Waals surface area contributed by atoms with Crippen molar-refractivity contribution in [1.29, 1.82) is 0 Å². The van der Waals surface area contributed by atoms with Crippen LogP contribution in [0.15, 0.2) is 22.5 Å². The maximum Gasteiger partial charge on any atom is 0.271 e. The van der Waals surface area contributed by atoms with Crippen molar-refractivity contribution in [2.24, 2.45) is 0 Å². The zero-order valence-electron chi connectivity index (χ0n) is 12.1.